The maximum Gasteiger partial charge on any atom is 0.133 e. The number of allylic oxidation sites excluding steroid dienone is 1. The van der Waals surface area contributed by atoms with E-state index in [1.165, 1.54) is 11.1 Å². The zero-order valence-corrected chi connectivity index (χ0v) is 15.2. The average Bonchev–Trinajstić information content (AvgIpc) is 2.69. The molecule has 0 atom stereocenters. The van der Waals surface area contributed by atoms with E-state index in [2.05, 4.69) is 57.1 Å². The van der Waals surface area contributed by atoms with Crippen LogP contribution in [-0.2, 0) is 6.54 Å². The quantitative estimate of drug-likeness (QED) is 0.821. The van der Waals surface area contributed by atoms with E-state index in [-0.39, 0.29) is 0 Å². The molecular weight excluding hydrogens is 310 g/mol. The van der Waals surface area contributed by atoms with Crippen molar-refractivity contribution in [3.8, 4) is 0 Å². The second kappa shape index (κ2) is 8.62. The van der Waals surface area contributed by atoms with Gasteiger partial charge in [-0.15, -0.1) is 0 Å². The van der Waals surface area contributed by atoms with Gasteiger partial charge in [-0.3, -0.25) is 0 Å². The number of nitrogens with zero attached hydrogens (tertiary/aromatic N) is 4. The molecule has 0 aromatic carbocycles. The molecule has 5 heteroatoms. The van der Waals surface area contributed by atoms with Crippen molar-refractivity contribution in [1.29, 1.82) is 0 Å². The Hall–Kier alpha value is -2.40. The van der Waals surface area contributed by atoms with E-state index in [4.69, 9.17) is 0 Å². The zero-order valence-electron chi connectivity index (χ0n) is 15.2. The number of pyridine rings is 2. The molecule has 1 N–H and O–H groups in total. The number of aromatic nitrogens is 2. The average molecular weight is 337 g/mol. The van der Waals surface area contributed by atoms with Crippen molar-refractivity contribution in [2.24, 2.45) is 0 Å². The lowest BCUT2D eigenvalue weighted by molar-refractivity contribution is 0.635. The minimum atomic E-state index is 0.842. The van der Waals surface area contributed by atoms with Crippen LogP contribution in [0.1, 0.15) is 19.4 Å². The summed E-state index contributed by atoms with van der Waals surface area (Å²) < 4.78 is 0. The number of rotatable bonds is 6. The van der Waals surface area contributed by atoms with Gasteiger partial charge in [-0.25, -0.2) is 9.97 Å². The molecule has 0 spiro atoms. The van der Waals surface area contributed by atoms with Crippen molar-refractivity contribution in [2.45, 2.75) is 20.4 Å². The van der Waals surface area contributed by atoms with Crippen LogP contribution < -0.4 is 15.1 Å². The van der Waals surface area contributed by atoms with Gasteiger partial charge in [0.25, 0.3) is 0 Å². The third kappa shape index (κ3) is 4.57. The van der Waals surface area contributed by atoms with Crippen LogP contribution in [0.5, 0.6) is 0 Å². The third-order valence-electron chi connectivity index (χ3n) is 4.63. The first kappa shape index (κ1) is 17.4. The standard InChI is InChI=1S/C20H27N5/c1-3-17(2)15-21-16-18-7-6-10-23-20(18)25-13-11-24(12-14-25)19-8-4-5-9-22-19/h3-10,21H,11-16H2,1-2H3/b17-3+. The molecule has 1 saturated heterocycles. The summed E-state index contributed by atoms with van der Waals surface area (Å²) in [6.45, 7) is 9.86. The molecule has 0 radical (unpaired) electrons. The lowest BCUT2D eigenvalue weighted by atomic mass is 10.2. The van der Waals surface area contributed by atoms with Crippen LogP contribution in [0, 0.1) is 0 Å². The second-order valence-electron chi connectivity index (χ2n) is 6.39. The van der Waals surface area contributed by atoms with E-state index in [1.54, 1.807) is 0 Å². The molecule has 1 aliphatic rings. The Balaban J connectivity index is 1.61. The van der Waals surface area contributed by atoms with Gasteiger partial charge in [-0.1, -0.05) is 23.8 Å². The molecule has 132 valence electrons. The molecule has 3 rings (SSSR count). The third-order valence-corrected chi connectivity index (χ3v) is 4.63. The fraction of sp³-hybridized carbons (Fsp3) is 0.400. The summed E-state index contributed by atoms with van der Waals surface area (Å²) in [6.07, 6.45) is 5.89. The Bertz CT molecular complexity index is 690. The summed E-state index contributed by atoms with van der Waals surface area (Å²) in [6, 6.07) is 10.3. The Kier molecular flexibility index (Phi) is 6.01. The van der Waals surface area contributed by atoms with Crippen LogP contribution in [0.15, 0.2) is 54.4 Å². The molecule has 1 fully saturated rings. The van der Waals surface area contributed by atoms with Crippen LogP contribution >= 0.6 is 0 Å². The Morgan fingerprint density at radius 2 is 1.80 bits per heavy atom. The molecule has 5 nitrogen and oxygen atoms in total. The molecular formula is C20H27N5. The molecule has 0 saturated carbocycles. The predicted octanol–water partition coefficient (Wildman–Crippen LogP) is 2.86. The van der Waals surface area contributed by atoms with E-state index >= 15 is 0 Å². The highest BCUT2D eigenvalue weighted by atomic mass is 15.3. The molecule has 1 aliphatic heterocycles. The first-order chi connectivity index (χ1) is 12.3. The van der Waals surface area contributed by atoms with Crippen LogP contribution in [0.4, 0.5) is 11.6 Å². The lowest BCUT2D eigenvalue weighted by Gasteiger charge is -2.36. The van der Waals surface area contributed by atoms with Crippen molar-refractivity contribution < 1.29 is 0 Å². The summed E-state index contributed by atoms with van der Waals surface area (Å²) in [5.41, 5.74) is 2.62. The van der Waals surface area contributed by atoms with Crippen molar-refractivity contribution in [2.75, 3.05) is 42.5 Å². The summed E-state index contributed by atoms with van der Waals surface area (Å²) in [7, 11) is 0. The van der Waals surface area contributed by atoms with Gasteiger partial charge in [0, 0.05) is 57.2 Å². The van der Waals surface area contributed by atoms with Gasteiger partial charge in [0.15, 0.2) is 0 Å². The number of nitrogens with one attached hydrogen (secondary N) is 1. The number of hydrogen-bond acceptors (Lipinski definition) is 5. The largest absolute Gasteiger partial charge is 0.353 e. The minimum absolute atomic E-state index is 0.842. The molecule has 2 aromatic rings. The molecule has 0 amide bonds. The number of piperazine rings is 1. The summed E-state index contributed by atoms with van der Waals surface area (Å²) in [4.78, 5) is 13.8. The van der Waals surface area contributed by atoms with Gasteiger partial charge >= 0.3 is 0 Å². The highest BCUT2D eigenvalue weighted by molar-refractivity contribution is 5.49. The van der Waals surface area contributed by atoms with Gasteiger partial charge in [-0.05, 0) is 32.0 Å². The summed E-state index contributed by atoms with van der Waals surface area (Å²) in [5.74, 6) is 2.17. The normalized spacial score (nSPS) is 15.5. The van der Waals surface area contributed by atoms with Crippen molar-refractivity contribution >= 4 is 11.6 Å². The lowest BCUT2D eigenvalue weighted by Crippen LogP contribution is -2.47. The fourth-order valence-corrected chi connectivity index (χ4v) is 3.04. The van der Waals surface area contributed by atoms with Gasteiger partial charge in [-0.2, -0.15) is 0 Å². The zero-order chi connectivity index (χ0) is 17.5. The van der Waals surface area contributed by atoms with E-state index in [0.29, 0.717) is 0 Å². The maximum absolute atomic E-state index is 4.66. The van der Waals surface area contributed by atoms with Crippen molar-refractivity contribution in [3.05, 3.63) is 59.9 Å². The van der Waals surface area contributed by atoms with E-state index in [1.807, 2.05) is 30.6 Å². The van der Waals surface area contributed by atoms with Gasteiger partial charge in [0.1, 0.15) is 11.6 Å². The van der Waals surface area contributed by atoms with Crippen LogP contribution in [0.25, 0.3) is 0 Å². The maximum atomic E-state index is 4.66. The van der Waals surface area contributed by atoms with E-state index in [0.717, 1.165) is 50.9 Å². The SMILES string of the molecule is C/C=C(\C)CNCc1cccnc1N1CCN(c2ccccn2)CC1. The fourth-order valence-electron chi connectivity index (χ4n) is 3.04. The van der Waals surface area contributed by atoms with Crippen LogP contribution in [0.2, 0.25) is 0 Å². The van der Waals surface area contributed by atoms with Gasteiger partial charge in [0.2, 0.25) is 0 Å². The number of anilines is 2. The monoisotopic (exact) mass is 337 g/mol. The first-order valence-electron chi connectivity index (χ1n) is 8.95. The van der Waals surface area contributed by atoms with Crippen LogP contribution in [0.3, 0.4) is 0 Å². The van der Waals surface area contributed by atoms with Crippen molar-refractivity contribution in [1.82, 2.24) is 15.3 Å². The molecule has 0 aliphatic carbocycles. The highest BCUT2D eigenvalue weighted by Gasteiger charge is 2.20. The molecule has 2 aromatic heterocycles. The Morgan fingerprint density at radius 3 is 2.52 bits per heavy atom. The smallest absolute Gasteiger partial charge is 0.133 e. The Morgan fingerprint density at radius 1 is 1.04 bits per heavy atom. The molecule has 25 heavy (non-hydrogen) atoms. The predicted molar refractivity (Wildman–Crippen MR) is 104 cm³/mol. The van der Waals surface area contributed by atoms with E-state index < -0.39 is 0 Å². The highest BCUT2D eigenvalue weighted by Crippen LogP contribution is 2.20. The Labute approximate surface area is 150 Å². The number of hydrogen-bond donors (Lipinski definition) is 1. The van der Waals surface area contributed by atoms with Crippen LogP contribution in [-0.4, -0.2) is 42.7 Å². The molecule has 0 unspecified atom stereocenters. The second-order valence-corrected chi connectivity index (χ2v) is 6.39. The topological polar surface area (TPSA) is 44.3 Å². The van der Waals surface area contributed by atoms with Gasteiger partial charge < -0.3 is 15.1 Å². The van der Waals surface area contributed by atoms with Crippen molar-refractivity contribution in [3.63, 3.8) is 0 Å². The van der Waals surface area contributed by atoms with E-state index in [9.17, 15) is 0 Å². The first-order valence-corrected chi connectivity index (χ1v) is 8.95. The summed E-state index contributed by atoms with van der Waals surface area (Å²) >= 11 is 0. The minimum Gasteiger partial charge on any atom is -0.353 e. The van der Waals surface area contributed by atoms with Gasteiger partial charge in [0.05, 0.1) is 0 Å². The molecule has 3 heterocycles. The molecule has 0 bridgehead atoms. The summed E-state index contributed by atoms with van der Waals surface area (Å²) in [5, 5.41) is 3.51.